The molecule has 0 aromatic carbocycles. The van der Waals surface area contributed by atoms with Gasteiger partial charge in [-0.05, 0) is 11.6 Å². The molecule has 9 heteroatoms. The zero-order chi connectivity index (χ0) is 14.4. The molecule has 0 bridgehead atoms. The predicted molar refractivity (Wildman–Crippen MR) is 74.2 cm³/mol. The molecule has 112 valence electrons. The zero-order valence-electron chi connectivity index (χ0n) is 11.3. The van der Waals surface area contributed by atoms with E-state index >= 15 is 0 Å². The molecule has 1 aliphatic rings. The molecule has 20 heavy (non-hydrogen) atoms. The van der Waals surface area contributed by atoms with Gasteiger partial charge in [0.1, 0.15) is 0 Å². The van der Waals surface area contributed by atoms with E-state index in [9.17, 15) is 5.11 Å². The summed E-state index contributed by atoms with van der Waals surface area (Å²) in [7, 11) is 1.56. The van der Waals surface area contributed by atoms with Crippen LogP contribution >= 0.6 is 11.6 Å². The lowest BCUT2D eigenvalue weighted by Crippen LogP contribution is -2.38. The van der Waals surface area contributed by atoms with Crippen molar-refractivity contribution in [2.75, 3.05) is 56.8 Å². The molecule has 1 aliphatic heterocycles. The Balaban J connectivity index is 2.10. The van der Waals surface area contributed by atoms with E-state index in [1.54, 1.807) is 7.11 Å². The SMILES string of the molecule is COCC(CO)Nc1nc(Cl)nc(N2CCOCC2)n1. The number of aromatic nitrogens is 3. The van der Waals surface area contributed by atoms with Crippen LogP contribution < -0.4 is 10.2 Å². The van der Waals surface area contributed by atoms with E-state index in [1.165, 1.54) is 0 Å². The molecular weight excluding hydrogens is 286 g/mol. The number of aliphatic hydroxyl groups is 1. The van der Waals surface area contributed by atoms with Crippen LogP contribution in [-0.4, -0.2) is 72.7 Å². The minimum Gasteiger partial charge on any atom is -0.394 e. The number of methoxy groups -OCH3 is 1. The van der Waals surface area contributed by atoms with Gasteiger partial charge in [0.05, 0.1) is 32.5 Å². The van der Waals surface area contributed by atoms with Crippen molar-refractivity contribution in [1.29, 1.82) is 0 Å². The maximum absolute atomic E-state index is 9.23. The van der Waals surface area contributed by atoms with Crippen molar-refractivity contribution in [2.45, 2.75) is 6.04 Å². The topological polar surface area (TPSA) is 92.6 Å². The summed E-state index contributed by atoms with van der Waals surface area (Å²) in [6.45, 7) is 2.93. The van der Waals surface area contributed by atoms with E-state index in [4.69, 9.17) is 21.1 Å². The van der Waals surface area contributed by atoms with Crippen molar-refractivity contribution in [1.82, 2.24) is 15.0 Å². The Bertz CT molecular complexity index is 431. The number of nitrogens with one attached hydrogen (secondary N) is 1. The Hall–Kier alpha value is -1.22. The maximum atomic E-state index is 9.23. The predicted octanol–water partition coefficient (Wildman–Crippen LogP) is -0.219. The van der Waals surface area contributed by atoms with Crippen LogP contribution in [-0.2, 0) is 9.47 Å². The van der Waals surface area contributed by atoms with Gasteiger partial charge in [-0.1, -0.05) is 0 Å². The van der Waals surface area contributed by atoms with Gasteiger partial charge in [-0.25, -0.2) is 0 Å². The quantitative estimate of drug-likeness (QED) is 0.745. The van der Waals surface area contributed by atoms with Gasteiger partial charge in [0.2, 0.25) is 17.2 Å². The average molecular weight is 304 g/mol. The molecule has 1 saturated heterocycles. The van der Waals surface area contributed by atoms with Crippen LogP contribution in [0.5, 0.6) is 0 Å². The van der Waals surface area contributed by atoms with Crippen molar-refractivity contribution >= 4 is 23.5 Å². The Morgan fingerprint density at radius 2 is 2.15 bits per heavy atom. The molecule has 1 unspecified atom stereocenters. The molecule has 8 nitrogen and oxygen atoms in total. The molecule has 1 aromatic heterocycles. The first-order valence-electron chi connectivity index (χ1n) is 6.33. The molecule has 0 spiro atoms. The number of hydrogen-bond donors (Lipinski definition) is 2. The van der Waals surface area contributed by atoms with Gasteiger partial charge in [0, 0.05) is 20.2 Å². The Morgan fingerprint density at radius 1 is 1.40 bits per heavy atom. The highest BCUT2D eigenvalue weighted by molar-refractivity contribution is 6.28. The fourth-order valence-electron chi connectivity index (χ4n) is 1.83. The van der Waals surface area contributed by atoms with Crippen LogP contribution in [0.1, 0.15) is 0 Å². The number of rotatable bonds is 6. The fourth-order valence-corrected chi connectivity index (χ4v) is 1.99. The number of anilines is 2. The number of aliphatic hydroxyl groups excluding tert-OH is 1. The second-order valence-electron chi connectivity index (χ2n) is 4.31. The van der Waals surface area contributed by atoms with Crippen LogP contribution in [0.4, 0.5) is 11.9 Å². The molecule has 0 amide bonds. The largest absolute Gasteiger partial charge is 0.394 e. The van der Waals surface area contributed by atoms with Crippen LogP contribution in [0.25, 0.3) is 0 Å². The zero-order valence-corrected chi connectivity index (χ0v) is 12.0. The van der Waals surface area contributed by atoms with Gasteiger partial charge in [0.15, 0.2) is 0 Å². The van der Waals surface area contributed by atoms with Crippen LogP contribution in [0, 0.1) is 0 Å². The molecule has 1 atom stereocenters. The van der Waals surface area contributed by atoms with Gasteiger partial charge in [-0.15, -0.1) is 0 Å². The molecule has 0 radical (unpaired) electrons. The lowest BCUT2D eigenvalue weighted by molar-refractivity contribution is 0.122. The van der Waals surface area contributed by atoms with Crippen molar-refractivity contribution in [3.05, 3.63) is 5.28 Å². The third-order valence-corrected chi connectivity index (χ3v) is 2.98. The summed E-state index contributed by atoms with van der Waals surface area (Å²) < 4.78 is 10.3. The van der Waals surface area contributed by atoms with Crippen molar-refractivity contribution in [2.24, 2.45) is 0 Å². The second-order valence-corrected chi connectivity index (χ2v) is 4.64. The van der Waals surface area contributed by atoms with Gasteiger partial charge in [-0.3, -0.25) is 0 Å². The third-order valence-electron chi connectivity index (χ3n) is 2.81. The fraction of sp³-hybridized carbons (Fsp3) is 0.727. The number of halogens is 1. The van der Waals surface area contributed by atoms with E-state index in [0.29, 0.717) is 44.8 Å². The van der Waals surface area contributed by atoms with E-state index in [-0.39, 0.29) is 17.9 Å². The first-order valence-corrected chi connectivity index (χ1v) is 6.71. The first kappa shape index (κ1) is 15.2. The molecule has 2 N–H and O–H groups in total. The van der Waals surface area contributed by atoms with Crippen LogP contribution in [0.3, 0.4) is 0 Å². The lowest BCUT2D eigenvalue weighted by atomic mass is 10.3. The normalized spacial score (nSPS) is 17.1. The van der Waals surface area contributed by atoms with E-state index in [0.717, 1.165) is 0 Å². The standard InChI is InChI=1S/C11H18ClN5O3/c1-19-7-8(6-18)13-10-14-9(12)15-11(16-10)17-2-4-20-5-3-17/h8,18H,2-7H2,1H3,(H,13,14,15,16). The summed E-state index contributed by atoms with van der Waals surface area (Å²) in [5.74, 6) is 0.826. The number of hydrogen-bond acceptors (Lipinski definition) is 8. The summed E-state index contributed by atoms with van der Waals surface area (Å²) in [5.41, 5.74) is 0. The molecule has 1 fully saturated rings. The summed E-state index contributed by atoms with van der Waals surface area (Å²) in [6, 6.07) is -0.295. The highest BCUT2D eigenvalue weighted by Crippen LogP contribution is 2.15. The Morgan fingerprint density at radius 3 is 2.80 bits per heavy atom. The highest BCUT2D eigenvalue weighted by atomic mass is 35.5. The van der Waals surface area contributed by atoms with E-state index < -0.39 is 0 Å². The summed E-state index contributed by atoms with van der Waals surface area (Å²) >= 11 is 5.92. The smallest absolute Gasteiger partial charge is 0.231 e. The van der Waals surface area contributed by atoms with E-state index in [2.05, 4.69) is 20.3 Å². The van der Waals surface area contributed by atoms with Crippen molar-refractivity contribution in [3.63, 3.8) is 0 Å². The average Bonchev–Trinajstić information content (AvgIpc) is 2.47. The molecule has 0 aliphatic carbocycles. The number of ether oxygens (including phenoxy) is 2. The molecular formula is C11H18ClN5O3. The minimum absolute atomic E-state index is 0.0932. The summed E-state index contributed by atoms with van der Waals surface area (Å²) in [4.78, 5) is 14.4. The van der Waals surface area contributed by atoms with Gasteiger partial charge in [-0.2, -0.15) is 15.0 Å². The minimum atomic E-state index is -0.295. The van der Waals surface area contributed by atoms with Crippen molar-refractivity contribution in [3.8, 4) is 0 Å². The van der Waals surface area contributed by atoms with E-state index in [1.807, 2.05) is 4.90 Å². The number of nitrogens with zero attached hydrogens (tertiary/aromatic N) is 4. The van der Waals surface area contributed by atoms with Gasteiger partial charge in [0.25, 0.3) is 0 Å². The van der Waals surface area contributed by atoms with Crippen molar-refractivity contribution < 1.29 is 14.6 Å². The van der Waals surface area contributed by atoms with Gasteiger partial charge < -0.3 is 24.8 Å². The Kier molecular flexibility index (Phi) is 5.72. The van der Waals surface area contributed by atoms with Gasteiger partial charge >= 0.3 is 0 Å². The molecule has 1 aromatic rings. The summed E-state index contributed by atoms with van der Waals surface area (Å²) in [5, 5.41) is 12.3. The maximum Gasteiger partial charge on any atom is 0.231 e. The first-order chi connectivity index (χ1) is 9.72. The monoisotopic (exact) mass is 303 g/mol. The highest BCUT2D eigenvalue weighted by Gasteiger charge is 2.17. The second kappa shape index (κ2) is 7.53. The summed E-state index contributed by atoms with van der Waals surface area (Å²) in [6.07, 6.45) is 0. The molecule has 2 rings (SSSR count). The Labute approximate surface area is 122 Å². The molecule has 0 saturated carbocycles. The lowest BCUT2D eigenvalue weighted by Gasteiger charge is -2.27. The third kappa shape index (κ3) is 4.14. The number of morpholine rings is 1. The van der Waals surface area contributed by atoms with Crippen LogP contribution in [0.15, 0.2) is 0 Å². The molecule has 2 heterocycles. The van der Waals surface area contributed by atoms with Crippen LogP contribution in [0.2, 0.25) is 5.28 Å².